The lowest BCUT2D eigenvalue weighted by atomic mass is 10.1. The van der Waals surface area contributed by atoms with Crippen LogP contribution >= 0.6 is 11.8 Å². The number of hydrogen-bond donors (Lipinski definition) is 2. The Kier molecular flexibility index (Phi) is 4.73. The van der Waals surface area contributed by atoms with Crippen LogP contribution in [0.3, 0.4) is 0 Å². The monoisotopic (exact) mass is 198 g/mol. The Balaban J connectivity index is 1.92. The number of carbonyl (C=O) groups excluding carboxylic acids is 1. The van der Waals surface area contributed by atoms with Crippen LogP contribution in [0.2, 0.25) is 0 Å². The zero-order chi connectivity index (χ0) is 9.52. The topological polar surface area (TPSA) is 41.1 Å². The minimum atomic E-state index is 0.0373. The van der Waals surface area contributed by atoms with Crippen molar-refractivity contribution in [2.45, 2.75) is 0 Å². The summed E-state index contributed by atoms with van der Waals surface area (Å²) in [7, 11) is 0. The molecule has 0 spiro atoms. The van der Waals surface area contributed by atoms with Crippen LogP contribution in [0.4, 0.5) is 0 Å². The normalized spacial score (nSPS) is 15.9. The Hall–Kier alpha value is -0.660. The van der Waals surface area contributed by atoms with Gasteiger partial charge in [0.1, 0.15) is 0 Å². The summed E-state index contributed by atoms with van der Waals surface area (Å²) in [5.74, 6) is 4.75. The molecule has 0 unspecified atom stereocenters. The Morgan fingerprint density at radius 3 is 3.00 bits per heavy atom. The number of amides is 1. The molecule has 1 rings (SSSR count). The average molecular weight is 198 g/mol. The summed E-state index contributed by atoms with van der Waals surface area (Å²) in [4.78, 5) is 11.0. The molecule has 72 valence electrons. The molecule has 0 aromatic rings. The number of carbonyl (C=O) groups is 1. The predicted octanol–water partition coefficient (Wildman–Crippen LogP) is -0.312. The number of hydrogen-bond acceptors (Lipinski definition) is 3. The minimum absolute atomic E-state index is 0.0373. The zero-order valence-electron chi connectivity index (χ0n) is 7.51. The number of thioether (sulfide) groups is 1. The van der Waals surface area contributed by atoms with E-state index in [1.165, 1.54) is 0 Å². The predicted molar refractivity (Wildman–Crippen MR) is 55.5 cm³/mol. The molecule has 4 heteroatoms. The first-order valence-electron chi connectivity index (χ1n) is 4.31. The second-order valence-corrected chi connectivity index (χ2v) is 4.05. The molecule has 3 nitrogen and oxygen atoms in total. The first-order valence-corrected chi connectivity index (χ1v) is 5.47. The summed E-state index contributed by atoms with van der Waals surface area (Å²) in [6, 6.07) is 0. The molecule has 1 heterocycles. The molecule has 0 atom stereocenters. The Labute approximate surface area is 83.0 Å². The molecule has 0 aliphatic carbocycles. The highest BCUT2D eigenvalue weighted by Gasteiger charge is 2.16. The van der Waals surface area contributed by atoms with E-state index >= 15 is 0 Å². The lowest BCUT2D eigenvalue weighted by Gasteiger charge is -2.26. The van der Waals surface area contributed by atoms with Gasteiger partial charge < -0.3 is 10.6 Å². The van der Waals surface area contributed by atoms with Gasteiger partial charge in [-0.3, -0.25) is 4.79 Å². The second kappa shape index (κ2) is 5.90. The van der Waals surface area contributed by atoms with Crippen molar-refractivity contribution in [1.29, 1.82) is 0 Å². The lowest BCUT2D eigenvalue weighted by Crippen LogP contribution is -2.43. The van der Waals surface area contributed by atoms with Crippen molar-refractivity contribution >= 4 is 17.7 Å². The van der Waals surface area contributed by atoms with Crippen LogP contribution in [0.1, 0.15) is 0 Å². The largest absolute Gasteiger partial charge is 0.344 e. The van der Waals surface area contributed by atoms with E-state index in [1.807, 2.05) is 0 Å². The zero-order valence-corrected chi connectivity index (χ0v) is 8.32. The number of nitrogens with one attached hydrogen (secondary N) is 2. The van der Waals surface area contributed by atoms with Gasteiger partial charge in [-0.1, -0.05) is 5.92 Å². The molecule has 2 N–H and O–H groups in total. The van der Waals surface area contributed by atoms with Gasteiger partial charge in [0.15, 0.2) is 0 Å². The molecule has 1 saturated heterocycles. The molecule has 0 saturated carbocycles. The van der Waals surface area contributed by atoms with Gasteiger partial charge in [0.2, 0.25) is 5.91 Å². The maximum Gasteiger partial charge on any atom is 0.230 e. The van der Waals surface area contributed by atoms with E-state index < -0.39 is 0 Å². The third-order valence-electron chi connectivity index (χ3n) is 1.84. The third-order valence-corrected chi connectivity index (χ3v) is 3.01. The number of rotatable bonds is 5. The van der Waals surface area contributed by atoms with Gasteiger partial charge in [-0.2, -0.15) is 11.8 Å². The SMILES string of the molecule is C#CCNC(=O)CSCC1CNC1. The highest BCUT2D eigenvalue weighted by molar-refractivity contribution is 7.99. The van der Waals surface area contributed by atoms with E-state index in [1.54, 1.807) is 11.8 Å². The Morgan fingerprint density at radius 1 is 1.69 bits per heavy atom. The quantitative estimate of drug-likeness (QED) is 0.595. The van der Waals surface area contributed by atoms with Gasteiger partial charge in [0, 0.05) is 0 Å². The minimum Gasteiger partial charge on any atom is -0.344 e. The van der Waals surface area contributed by atoms with Crippen molar-refractivity contribution in [2.75, 3.05) is 31.1 Å². The number of terminal acetylenes is 1. The van der Waals surface area contributed by atoms with Gasteiger partial charge in [-0.05, 0) is 24.8 Å². The first-order chi connectivity index (χ1) is 6.33. The fourth-order valence-corrected chi connectivity index (χ4v) is 1.96. The smallest absolute Gasteiger partial charge is 0.230 e. The van der Waals surface area contributed by atoms with Crippen LogP contribution in [-0.4, -0.2) is 37.0 Å². The Morgan fingerprint density at radius 2 is 2.46 bits per heavy atom. The first kappa shape index (κ1) is 10.4. The maximum atomic E-state index is 11.0. The second-order valence-electron chi connectivity index (χ2n) is 3.02. The van der Waals surface area contributed by atoms with E-state index in [4.69, 9.17) is 6.42 Å². The molecule has 0 aromatic heterocycles. The molecule has 13 heavy (non-hydrogen) atoms. The fourth-order valence-electron chi connectivity index (χ4n) is 0.985. The van der Waals surface area contributed by atoms with Crippen LogP contribution in [0.5, 0.6) is 0 Å². The highest BCUT2D eigenvalue weighted by atomic mass is 32.2. The summed E-state index contributed by atoms with van der Waals surface area (Å²) in [6.45, 7) is 2.53. The van der Waals surface area contributed by atoms with E-state index in [0.717, 1.165) is 24.8 Å². The molecule has 1 aliphatic rings. The standard InChI is InChI=1S/C9H14N2OS/c1-2-3-11-9(12)7-13-6-8-4-10-5-8/h1,8,10H,3-7H2,(H,11,12). The van der Waals surface area contributed by atoms with E-state index in [2.05, 4.69) is 16.6 Å². The van der Waals surface area contributed by atoms with Crippen molar-refractivity contribution in [3.63, 3.8) is 0 Å². The van der Waals surface area contributed by atoms with Gasteiger partial charge in [0.25, 0.3) is 0 Å². The van der Waals surface area contributed by atoms with Gasteiger partial charge in [-0.25, -0.2) is 0 Å². The van der Waals surface area contributed by atoms with Crippen molar-refractivity contribution in [3.05, 3.63) is 0 Å². The summed E-state index contributed by atoms with van der Waals surface area (Å²) >= 11 is 1.68. The van der Waals surface area contributed by atoms with Crippen LogP contribution in [0, 0.1) is 18.3 Å². The highest BCUT2D eigenvalue weighted by Crippen LogP contribution is 2.11. The molecule has 1 fully saturated rings. The summed E-state index contributed by atoms with van der Waals surface area (Å²) < 4.78 is 0. The molecule has 0 aromatic carbocycles. The van der Waals surface area contributed by atoms with Gasteiger partial charge in [0.05, 0.1) is 12.3 Å². The lowest BCUT2D eigenvalue weighted by molar-refractivity contribution is -0.118. The molecule has 0 radical (unpaired) electrons. The molecule has 1 aliphatic heterocycles. The van der Waals surface area contributed by atoms with Gasteiger partial charge in [-0.15, -0.1) is 6.42 Å². The third kappa shape index (κ3) is 4.20. The maximum absolute atomic E-state index is 11.0. The molecular weight excluding hydrogens is 184 g/mol. The molecule has 0 bridgehead atoms. The van der Waals surface area contributed by atoms with Crippen LogP contribution in [-0.2, 0) is 4.79 Å². The van der Waals surface area contributed by atoms with Crippen LogP contribution in [0.25, 0.3) is 0 Å². The molecule has 1 amide bonds. The van der Waals surface area contributed by atoms with Gasteiger partial charge >= 0.3 is 0 Å². The fraction of sp³-hybridized carbons (Fsp3) is 0.667. The Bertz CT molecular complexity index is 208. The van der Waals surface area contributed by atoms with Crippen molar-refractivity contribution in [3.8, 4) is 12.3 Å². The molecular formula is C9H14N2OS. The van der Waals surface area contributed by atoms with E-state index in [0.29, 0.717) is 12.3 Å². The summed E-state index contributed by atoms with van der Waals surface area (Å²) in [5, 5.41) is 5.82. The van der Waals surface area contributed by atoms with Crippen LogP contribution < -0.4 is 10.6 Å². The van der Waals surface area contributed by atoms with Crippen molar-refractivity contribution in [2.24, 2.45) is 5.92 Å². The van der Waals surface area contributed by atoms with Crippen molar-refractivity contribution < 1.29 is 4.79 Å². The average Bonchev–Trinajstić information content (AvgIpc) is 2.06. The van der Waals surface area contributed by atoms with E-state index in [-0.39, 0.29) is 5.91 Å². The van der Waals surface area contributed by atoms with Crippen molar-refractivity contribution in [1.82, 2.24) is 10.6 Å². The van der Waals surface area contributed by atoms with E-state index in [9.17, 15) is 4.79 Å². The summed E-state index contributed by atoms with van der Waals surface area (Å²) in [5.41, 5.74) is 0. The van der Waals surface area contributed by atoms with Crippen LogP contribution in [0.15, 0.2) is 0 Å². The summed E-state index contributed by atoms with van der Waals surface area (Å²) in [6.07, 6.45) is 5.00.